The Bertz CT molecular complexity index is 503. The van der Waals surface area contributed by atoms with E-state index >= 15 is 0 Å². The van der Waals surface area contributed by atoms with Gasteiger partial charge in [-0.1, -0.05) is 6.58 Å². The topological polar surface area (TPSA) is 63.6 Å². The van der Waals surface area contributed by atoms with Crippen molar-refractivity contribution >= 4 is 10.1 Å². The van der Waals surface area contributed by atoms with Gasteiger partial charge in [0.1, 0.15) is 12.4 Å². The lowest BCUT2D eigenvalue weighted by Gasteiger charge is -2.08. The standard InChI is InChI=1S/C11H14O4S/c1-8(2)7-15-10-4-5-11(9(3)6-10)16(12,13)14/h4-6H,1,7H2,2-3H3,(H,12,13,14). The van der Waals surface area contributed by atoms with E-state index < -0.39 is 10.1 Å². The van der Waals surface area contributed by atoms with Crippen LogP contribution in [0.15, 0.2) is 35.2 Å². The van der Waals surface area contributed by atoms with Crippen LogP contribution in [-0.2, 0) is 10.1 Å². The molecule has 0 heterocycles. The molecule has 1 aromatic carbocycles. The van der Waals surface area contributed by atoms with Crippen molar-refractivity contribution in [2.24, 2.45) is 0 Å². The summed E-state index contributed by atoms with van der Waals surface area (Å²) in [6.07, 6.45) is 0. The maximum absolute atomic E-state index is 10.9. The average Bonchev–Trinajstić information content (AvgIpc) is 2.12. The Morgan fingerprint density at radius 3 is 2.56 bits per heavy atom. The zero-order valence-electron chi connectivity index (χ0n) is 9.23. The van der Waals surface area contributed by atoms with E-state index in [0.29, 0.717) is 17.9 Å². The molecule has 4 nitrogen and oxygen atoms in total. The van der Waals surface area contributed by atoms with E-state index in [-0.39, 0.29) is 4.90 Å². The molecule has 16 heavy (non-hydrogen) atoms. The fourth-order valence-electron chi connectivity index (χ4n) is 1.21. The lowest BCUT2D eigenvalue weighted by molar-refractivity contribution is 0.352. The smallest absolute Gasteiger partial charge is 0.294 e. The van der Waals surface area contributed by atoms with E-state index in [1.54, 1.807) is 13.0 Å². The maximum Gasteiger partial charge on any atom is 0.294 e. The molecule has 0 aromatic heterocycles. The number of rotatable bonds is 4. The van der Waals surface area contributed by atoms with Crippen LogP contribution in [0.2, 0.25) is 0 Å². The van der Waals surface area contributed by atoms with Crippen LogP contribution in [0, 0.1) is 6.92 Å². The van der Waals surface area contributed by atoms with Crippen LogP contribution in [0.25, 0.3) is 0 Å². The summed E-state index contributed by atoms with van der Waals surface area (Å²) in [5, 5.41) is 0. The minimum atomic E-state index is -4.15. The Labute approximate surface area is 95.3 Å². The van der Waals surface area contributed by atoms with E-state index in [4.69, 9.17) is 9.29 Å². The SMILES string of the molecule is C=C(C)COc1ccc(S(=O)(=O)O)c(C)c1. The van der Waals surface area contributed by atoms with Gasteiger partial charge < -0.3 is 4.74 Å². The normalized spacial score (nSPS) is 11.2. The molecule has 88 valence electrons. The van der Waals surface area contributed by atoms with Crippen molar-refractivity contribution in [2.75, 3.05) is 6.61 Å². The van der Waals surface area contributed by atoms with Gasteiger partial charge in [0, 0.05) is 0 Å². The molecule has 0 saturated heterocycles. The molecule has 1 N–H and O–H groups in total. The third-order valence-electron chi connectivity index (χ3n) is 1.91. The Morgan fingerprint density at radius 2 is 2.12 bits per heavy atom. The Kier molecular flexibility index (Phi) is 3.72. The predicted molar refractivity (Wildman–Crippen MR) is 61.3 cm³/mol. The van der Waals surface area contributed by atoms with Crippen LogP contribution in [0.5, 0.6) is 5.75 Å². The molecule has 0 radical (unpaired) electrons. The molecule has 1 aromatic rings. The summed E-state index contributed by atoms with van der Waals surface area (Å²) < 4.78 is 36.1. The summed E-state index contributed by atoms with van der Waals surface area (Å²) in [6, 6.07) is 4.38. The summed E-state index contributed by atoms with van der Waals surface area (Å²) in [6.45, 7) is 7.49. The number of hydrogen-bond donors (Lipinski definition) is 1. The highest BCUT2D eigenvalue weighted by molar-refractivity contribution is 7.85. The fourth-order valence-corrected chi connectivity index (χ4v) is 1.91. The number of ether oxygens (including phenoxy) is 1. The second-order valence-electron chi connectivity index (χ2n) is 3.65. The van der Waals surface area contributed by atoms with Crippen LogP contribution >= 0.6 is 0 Å². The zero-order chi connectivity index (χ0) is 12.3. The van der Waals surface area contributed by atoms with E-state index in [9.17, 15) is 8.42 Å². The van der Waals surface area contributed by atoms with Gasteiger partial charge in [-0.3, -0.25) is 4.55 Å². The molecule has 0 bridgehead atoms. The third-order valence-corrected chi connectivity index (χ3v) is 2.92. The van der Waals surface area contributed by atoms with Crippen molar-refractivity contribution in [3.05, 3.63) is 35.9 Å². The Morgan fingerprint density at radius 1 is 1.50 bits per heavy atom. The summed E-state index contributed by atoms with van der Waals surface area (Å²) >= 11 is 0. The molecule has 0 unspecified atom stereocenters. The monoisotopic (exact) mass is 242 g/mol. The molecule has 0 spiro atoms. The minimum Gasteiger partial charge on any atom is -0.489 e. The van der Waals surface area contributed by atoms with Gasteiger partial charge in [0.2, 0.25) is 0 Å². The first-order valence-corrected chi connectivity index (χ1v) is 6.10. The molecular weight excluding hydrogens is 228 g/mol. The highest BCUT2D eigenvalue weighted by Gasteiger charge is 2.13. The first-order chi connectivity index (χ1) is 7.30. The van der Waals surface area contributed by atoms with Crippen LogP contribution in [-0.4, -0.2) is 19.6 Å². The average molecular weight is 242 g/mol. The van der Waals surface area contributed by atoms with Crippen LogP contribution < -0.4 is 4.74 Å². The minimum absolute atomic E-state index is 0.102. The van der Waals surface area contributed by atoms with E-state index in [1.165, 1.54) is 12.1 Å². The molecular formula is C11H14O4S. The molecule has 0 atom stereocenters. The van der Waals surface area contributed by atoms with Gasteiger partial charge in [0.05, 0.1) is 4.90 Å². The number of hydrogen-bond acceptors (Lipinski definition) is 3. The molecule has 0 aliphatic rings. The summed E-state index contributed by atoms with van der Waals surface area (Å²) in [5.74, 6) is 0.549. The van der Waals surface area contributed by atoms with Crippen molar-refractivity contribution in [2.45, 2.75) is 18.7 Å². The zero-order valence-corrected chi connectivity index (χ0v) is 10.0. The van der Waals surface area contributed by atoms with Crippen LogP contribution in [0.3, 0.4) is 0 Å². The van der Waals surface area contributed by atoms with Crippen LogP contribution in [0.1, 0.15) is 12.5 Å². The van der Waals surface area contributed by atoms with Gasteiger partial charge in [-0.25, -0.2) is 0 Å². The molecule has 5 heteroatoms. The predicted octanol–water partition coefficient (Wildman–Crippen LogP) is 2.20. The second-order valence-corrected chi connectivity index (χ2v) is 5.04. The van der Waals surface area contributed by atoms with Crippen molar-refractivity contribution < 1.29 is 17.7 Å². The quantitative estimate of drug-likeness (QED) is 0.649. The lowest BCUT2D eigenvalue weighted by Crippen LogP contribution is -2.02. The fraction of sp³-hybridized carbons (Fsp3) is 0.273. The lowest BCUT2D eigenvalue weighted by atomic mass is 10.2. The summed E-state index contributed by atoms with van der Waals surface area (Å²) in [5.41, 5.74) is 1.32. The first kappa shape index (κ1) is 12.7. The van der Waals surface area contributed by atoms with Crippen molar-refractivity contribution in [3.63, 3.8) is 0 Å². The van der Waals surface area contributed by atoms with E-state index in [0.717, 1.165) is 5.57 Å². The molecule has 0 aliphatic heterocycles. The van der Waals surface area contributed by atoms with Crippen molar-refractivity contribution in [1.82, 2.24) is 0 Å². The van der Waals surface area contributed by atoms with Gasteiger partial charge in [-0.2, -0.15) is 8.42 Å². The summed E-state index contributed by atoms with van der Waals surface area (Å²) in [4.78, 5) is -0.102. The highest BCUT2D eigenvalue weighted by Crippen LogP contribution is 2.21. The number of aryl methyl sites for hydroxylation is 1. The largest absolute Gasteiger partial charge is 0.489 e. The highest BCUT2D eigenvalue weighted by atomic mass is 32.2. The van der Waals surface area contributed by atoms with E-state index in [1.807, 2.05) is 6.92 Å². The molecule has 0 fully saturated rings. The van der Waals surface area contributed by atoms with Crippen LogP contribution in [0.4, 0.5) is 0 Å². The van der Waals surface area contributed by atoms with Gasteiger partial charge >= 0.3 is 0 Å². The van der Waals surface area contributed by atoms with Gasteiger partial charge in [0.15, 0.2) is 0 Å². The molecule has 0 amide bonds. The number of benzene rings is 1. The Balaban J connectivity index is 2.96. The van der Waals surface area contributed by atoms with E-state index in [2.05, 4.69) is 6.58 Å². The molecule has 0 saturated carbocycles. The van der Waals surface area contributed by atoms with Gasteiger partial charge in [-0.05, 0) is 43.2 Å². The Hall–Kier alpha value is -1.33. The molecule has 1 rings (SSSR count). The van der Waals surface area contributed by atoms with Crippen molar-refractivity contribution in [3.8, 4) is 5.75 Å². The first-order valence-electron chi connectivity index (χ1n) is 4.66. The van der Waals surface area contributed by atoms with Gasteiger partial charge in [-0.15, -0.1) is 0 Å². The second kappa shape index (κ2) is 4.67. The third kappa shape index (κ3) is 3.36. The maximum atomic E-state index is 10.9. The molecule has 0 aliphatic carbocycles. The summed E-state index contributed by atoms with van der Waals surface area (Å²) in [7, 11) is -4.15. The van der Waals surface area contributed by atoms with Crippen molar-refractivity contribution in [1.29, 1.82) is 0 Å². The van der Waals surface area contributed by atoms with Gasteiger partial charge in [0.25, 0.3) is 10.1 Å².